The summed E-state index contributed by atoms with van der Waals surface area (Å²) in [5.74, 6) is -1.03. The van der Waals surface area contributed by atoms with Gasteiger partial charge in [0.25, 0.3) is 0 Å². The van der Waals surface area contributed by atoms with E-state index in [2.05, 4.69) is 5.32 Å². The number of aliphatic carboxylic acids is 1. The molecule has 1 aliphatic heterocycles. The maximum atomic E-state index is 10.3. The molecular formula is C6H9NO3. The average Bonchev–Trinajstić information content (AvgIpc) is 1.88. The van der Waals surface area contributed by atoms with Crippen LogP contribution in [0.1, 0.15) is 6.42 Å². The number of hydrogen-bond acceptors (Lipinski definition) is 3. The van der Waals surface area contributed by atoms with Crippen molar-refractivity contribution in [3.05, 3.63) is 11.3 Å². The summed E-state index contributed by atoms with van der Waals surface area (Å²) in [7, 11) is 0. The van der Waals surface area contributed by atoms with E-state index in [0.717, 1.165) is 0 Å². The Hall–Kier alpha value is -1.03. The Morgan fingerprint density at radius 3 is 2.70 bits per heavy atom. The van der Waals surface area contributed by atoms with Crippen LogP contribution in [0.25, 0.3) is 0 Å². The zero-order valence-corrected chi connectivity index (χ0v) is 5.42. The summed E-state index contributed by atoms with van der Waals surface area (Å²) in [6.45, 7) is 0.920. The first-order valence-corrected chi connectivity index (χ1v) is 3.07. The van der Waals surface area contributed by atoms with Gasteiger partial charge in [-0.1, -0.05) is 0 Å². The lowest BCUT2D eigenvalue weighted by Gasteiger charge is -2.13. The molecule has 0 aromatic carbocycles. The third kappa shape index (κ3) is 1.27. The Kier molecular flexibility index (Phi) is 1.91. The first-order chi connectivity index (χ1) is 4.72. The normalized spacial score (nSPS) is 19.2. The van der Waals surface area contributed by atoms with Crippen LogP contribution >= 0.6 is 0 Å². The lowest BCUT2D eigenvalue weighted by atomic mass is 10.1. The van der Waals surface area contributed by atoms with Gasteiger partial charge >= 0.3 is 5.97 Å². The lowest BCUT2D eigenvalue weighted by Crippen LogP contribution is -2.28. The van der Waals surface area contributed by atoms with Crippen LogP contribution in [0.3, 0.4) is 0 Å². The maximum absolute atomic E-state index is 10.3. The van der Waals surface area contributed by atoms with Crippen molar-refractivity contribution in [1.29, 1.82) is 0 Å². The molecule has 56 valence electrons. The van der Waals surface area contributed by atoms with Gasteiger partial charge in [0.1, 0.15) is 5.76 Å². The average molecular weight is 143 g/mol. The van der Waals surface area contributed by atoms with E-state index >= 15 is 0 Å². The number of aliphatic hydroxyl groups is 1. The smallest absolute Gasteiger partial charge is 0.336 e. The van der Waals surface area contributed by atoms with Crippen LogP contribution in [0.2, 0.25) is 0 Å². The number of carboxylic acids is 1. The van der Waals surface area contributed by atoms with Crippen LogP contribution in [0.5, 0.6) is 0 Å². The molecule has 1 rings (SSSR count). The standard InChI is InChI=1S/C6H9NO3/c8-5-1-2-7-3-4(5)6(9)10/h7-8H,1-3H2,(H,9,10). The van der Waals surface area contributed by atoms with Crippen LogP contribution in [0.4, 0.5) is 0 Å². The molecule has 0 saturated carbocycles. The molecule has 1 aliphatic rings. The predicted octanol–water partition coefficient (Wildman–Crippen LogP) is -0.124. The maximum Gasteiger partial charge on any atom is 0.336 e. The Morgan fingerprint density at radius 2 is 2.30 bits per heavy atom. The van der Waals surface area contributed by atoms with Gasteiger partial charge in [-0.05, 0) is 0 Å². The molecule has 4 nitrogen and oxygen atoms in total. The fraction of sp³-hybridized carbons (Fsp3) is 0.500. The van der Waals surface area contributed by atoms with Gasteiger partial charge in [0, 0.05) is 19.5 Å². The third-order valence-corrected chi connectivity index (χ3v) is 1.45. The van der Waals surface area contributed by atoms with Gasteiger partial charge in [0.15, 0.2) is 0 Å². The van der Waals surface area contributed by atoms with E-state index in [9.17, 15) is 4.79 Å². The van der Waals surface area contributed by atoms with Crippen LogP contribution in [-0.4, -0.2) is 29.3 Å². The summed E-state index contributed by atoms with van der Waals surface area (Å²) in [4.78, 5) is 10.3. The van der Waals surface area contributed by atoms with Crippen molar-refractivity contribution >= 4 is 5.97 Å². The summed E-state index contributed by atoms with van der Waals surface area (Å²) in [5.41, 5.74) is 0.0891. The van der Waals surface area contributed by atoms with Crippen molar-refractivity contribution in [2.45, 2.75) is 6.42 Å². The van der Waals surface area contributed by atoms with Crippen molar-refractivity contribution in [3.8, 4) is 0 Å². The molecular weight excluding hydrogens is 134 g/mol. The molecule has 3 N–H and O–H groups in total. The number of rotatable bonds is 1. The van der Waals surface area contributed by atoms with Gasteiger partial charge in [-0.3, -0.25) is 0 Å². The lowest BCUT2D eigenvalue weighted by molar-refractivity contribution is -0.133. The van der Waals surface area contributed by atoms with E-state index in [4.69, 9.17) is 10.2 Å². The van der Waals surface area contributed by atoms with Crippen LogP contribution < -0.4 is 5.32 Å². The summed E-state index contributed by atoms with van der Waals surface area (Å²) < 4.78 is 0. The molecule has 0 atom stereocenters. The SMILES string of the molecule is O=C(O)C1=C(O)CCNC1. The molecule has 0 radical (unpaired) electrons. The molecule has 0 bridgehead atoms. The number of nitrogens with one attached hydrogen (secondary N) is 1. The minimum atomic E-state index is -1.04. The minimum Gasteiger partial charge on any atom is -0.512 e. The van der Waals surface area contributed by atoms with Crippen molar-refractivity contribution in [2.75, 3.05) is 13.1 Å². The second kappa shape index (κ2) is 2.70. The van der Waals surface area contributed by atoms with E-state index in [0.29, 0.717) is 13.0 Å². The second-order valence-electron chi connectivity index (χ2n) is 2.16. The van der Waals surface area contributed by atoms with Gasteiger partial charge in [-0.15, -0.1) is 0 Å². The van der Waals surface area contributed by atoms with Gasteiger partial charge < -0.3 is 15.5 Å². The molecule has 0 aromatic rings. The molecule has 0 amide bonds. The zero-order chi connectivity index (χ0) is 7.56. The largest absolute Gasteiger partial charge is 0.512 e. The van der Waals surface area contributed by atoms with Gasteiger partial charge in [-0.2, -0.15) is 0 Å². The molecule has 4 heteroatoms. The second-order valence-corrected chi connectivity index (χ2v) is 2.16. The van der Waals surface area contributed by atoms with E-state index in [1.807, 2.05) is 0 Å². The highest BCUT2D eigenvalue weighted by Crippen LogP contribution is 2.08. The monoisotopic (exact) mass is 143 g/mol. The summed E-state index contributed by atoms with van der Waals surface area (Å²) in [6, 6.07) is 0. The molecule has 0 aliphatic carbocycles. The summed E-state index contributed by atoms with van der Waals surface area (Å²) in [6.07, 6.45) is 0.418. The fourth-order valence-corrected chi connectivity index (χ4v) is 0.872. The molecule has 0 saturated heterocycles. The molecule has 0 spiro atoms. The quantitative estimate of drug-likeness (QED) is 0.478. The summed E-state index contributed by atoms with van der Waals surface area (Å²) in [5, 5.41) is 20.3. The number of aliphatic hydroxyl groups excluding tert-OH is 1. The van der Waals surface area contributed by atoms with Gasteiger partial charge in [0.2, 0.25) is 0 Å². The molecule has 0 aromatic heterocycles. The summed E-state index contributed by atoms with van der Waals surface area (Å²) >= 11 is 0. The minimum absolute atomic E-state index is 0.00579. The highest BCUT2D eigenvalue weighted by Gasteiger charge is 2.16. The number of hydrogen-bond donors (Lipinski definition) is 3. The zero-order valence-electron chi connectivity index (χ0n) is 5.42. The predicted molar refractivity (Wildman–Crippen MR) is 34.8 cm³/mol. The van der Waals surface area contributed by atoms with E-state index < -0.39 is 5.97 Å². The molecule has 0 unspecified atom stereocenters. The molecule has 1 heterocycles. The molecule has 10 heavy (non-hydrogen) atoms. The van der Waals surface area contributed by atoms with Crippen LogP contribution in [0.15, 0.2) is 11.3 Å². The Labute approximate surface area is 58.2 Å². The van der Waals surface area contributed by atoms with E-state index in [-0.39, 0.29) is 17.9 Å². The highest BCUT2D eigenvalue weighted by atomic mass is 16.4. The van der Waals surface area contributed by atoms with Gasteiger partial charge in [0.05, 0.1) is 5.57 Å². The van der Waals surface area contributed by atoms with Crippen molar-refractivity contribution < 1.29 is 15.0 Å². The fourth-order valence-electron chi connectivity index (χ4n) is 0.872. The number of carbonyl (C=O) groups is 1. The molecule has 0 fully saturated rings. The Bertz CT molecular complexity index is 185. The number of carboxylic acid groups (broad SMARTS) is 1. The first-order valence-electron chi connectivity index (χ1n) is 3.07. The van der Waals surface area contributed by atoms with E-state index in [1.54, 1.807) is 0 Å². The highest BCUT2D eigenvalue weighted by molar-refractivity contribution is 5.87. The third-order valence-electron chi connectivity index (χ3n) is 1.45. The van der Waals surface area contributed by atoms with Crippen molar-refractivity contribution in [1.82, 2.24) is 5.32 Å². The van der Waals surface area contributed by atoms with E-state index in [1.165, 1.54) is 0 Å². The van der Waals surface area contributed by atoms with Gasteiger partial charge in [-0.25, -0.2) is 4.79 Å². The Balaban J connectivity index is 2.78. The van der Waals surface area contributed by atoms with Crippen molar-refractivity contribution in [3.63, 3.8) is 0 Å². The van der Waals surface area contributed by atoms with Crippen LogP contribution in [-0.2, 0) is 4.79 Å². The first kappa shape index (κ1) is 7.08. The van der Waals surface area contributed by atoms with Crippen molar-refractivity contribution in [2.24, 2.45) is 0 Å². The topological polar surface area (TPSA) is 69.6 Å². The Morgan fingerprint density at radius 1 is 1.60 bits per heavy atom. The van der Waals surface area contributed by atoms with Crippen LogP contribution in [0, 0.1) is 0 Å².